The Morgan fingerprint density at radius 2 is 2.00 bits per heavy atom. The fraction of sp³-hybridized carbons (Fsp3) is 0.516. The van der Waals surface area contributed by atoms with Crippen molar-refractivity contribution in [3.05, 3.63) is 71.9 Å². The first-order valence-electron chi connectivity index (χ1n) is 14.4. The first kappa shape index (κ1) is 27.6. The molecular weight excluding hydrogens is 495 g/mol. The summed E-state index contributed by atoms with van der Waals surface area (Å²) in [6.07, 6.45) is 14.5. The zero-order chi connectivity index (χ0) is 27.1. The van der Waals surface area contributed by atoms with Gasteiger partial charge < -0.3 is 25.5 Å². The van der Waals surface area contributed by atoms with E-state index in [0.29, 0.717) is 37.7 Å². The molecule has 1 heterocycles. The number of fused-ring (bicyclic) bond motifs is 1. The van der Waals surface area contributed by atoms with Gasteiger partial charge in [0.2, 0.25) is 0 Å². The zero-order valence-corrected chi connectivity index (χ0v) is 22.6. The Kier molecular flexibility index (Phi) is 9.17. The van der Waals surface area contributed by atoms with Crippen molar-refractivity contribution in [2.45, 2.75) is 75.6 Å². The van der Waals surface area contributed by atoms with Crippen LogP contribution < -0.4 is 16.0 Å². The van der Waals surface area contributed by atoms with Crippen LogP contribution in [0.3, 0.4) is 0 Å². The van der Waals surface area contributed by atoms with Crippen molar-refractivity contribution in [3.63, 3.8) is 0 Å². The van der Waals surface area contributed by atoms with Gasteiger partial charge in [-0.2, -0.15) is 0 Å². The second-order valence-electron chi connectivity index (χ2n) is 11.2. The van der Waals surface area contributed by atoms with Crippen LogP contribution in [0.4, 0.5) is 4.39 Å². The van der Waals surface area contributed by atoms with Gasteiger partial charge in [-0.3, -0.25) is 10.1 Å². The molecule has 1 aromatic heterocycles. The molecule has 1 saturated carbocycles. The van der Waals surface area contributed by atoms with E-state index in [1.807, 2.05) is 36.4 Å². The lowest BCUT2D eigenvalue weighted by Gasteiger charge is -2.42. The molecule has 0 radical (unpaired) electrons. The maximum Gasteiger partial charge on any atom is 0.268 e. The van der Waals surface area contributed by atoms with E-state index in [-0.39, 0.29) is 17.8 Å². The third kappa shape index (κ3) is 7.18. The number of carbonyl (C=O) groups excluding carboxylic acids is 1. The summed E-state index contributed by atoms with van der Waals surface area (Å²) in [6.45, 7) is 1.88. The summed E-state index contributed by atoms with van der Waals surface area (Å²) in [5.74, 6) is 1.08. The summed E-state index contributed by atoms with van der Waals surface area (Å²) in [4.78, 5) is 16.4. The van der Waals surface area contributed by atoms with Gasteiger partial charge in [0.05, 0.1) is 18.0 Å². The molecule has 1 amide bonds. The lowest BCUT2D eigenvalue weighted by molar-refractivity contribution is 0.00990. The Labute approximate surface area is 230 Å². The Hall–Kier alpha value is -2.94. The Morgan fingerprint density at radius 3 is 2.74 bits per heavy atom. The minimum Gasteiger partial charge on any atom is -0.494 e. The lowest BCUT2D eigenvalue weighted by Crippen LogP contribution is -2.62. The smallest absolute Gasteiger partial charge is 0.268 e. The highest BCUT2D eigenvalue weighted by Crippen LogP contribution is 2.31. The van der Waals surface area contributed by atoms with Gasteiger partial charge in [-0.25, -0.2) is 4.39 Å². The maximum absolute atomic E-state index is 13.2. The number of hydrogen-bond donors (Lipinski definition) is 5. The van der Waals surface area contributed by atoms with E-state index in [1.54, 1.807) is 6.08 Å². The van der Waals surface area contributed by atoms with Crippen molar-refractivity contribution in [2.75, 3.05) is 19.7 Å². The fourth-order valence-electron chi connectivity index (χ4n) is 5.88. The van der Waals surface area contributed by atoms with Crippen molar-refractivity contribution in [1.29, 1.82) is 0 Å². The molecule has 0 bridgehead atoms. The largest absolute Gasteiger partial charge is 0.494 e. The molecule has 3 aliphatic rings. The van der Waals surface area contributed by atoms with E-state index in [1.165, 1.54) is 0 Å². The number of aliphatic hydroxyl groups is 1. The van der Waals surface area contributed by atoms with Crippen molar-refractivity contribution in [1.82, 2.24) is 20.9 Å². The molecule has 0 spiro atoms. The van der Waals surface area contributed by atoms with Crippen LogP contribution in [0, 0.1) is 5.92 Å². The molecule has 5 rings (SSSR count). The monoisotopic (exact) mass is 536 g/mol. The molecule has 3 aliphatic carbocycles. The Bertz CT molecular complexity index is 1180. The molecule has 3 unspecified atom stereocenters. The number of aliphatic hydroxyl groups excluding tert-OH is 1. The van der Waals surface area contributed by atoms with E-state index in [9.17, 15) is 14.3 Å². The molecule has 2 aromatic rings. The Morgan fingerprint density at radius 1 is 1.15 bits per heavy atom. The van der Waals surface area contributed by atoms with Gasteiger partial charge in [0.15, 0.2) is 0 Å². The van der Waals surface area contributed by atoms with Crippen LogP contribution >= 0.6 is 0 Å². The van der Waals surface area contributed by atoms with E-state index in [0.717, 1.165) is 68.0 Å². The van der Waals surface area contributed by atoms with Crippen LogP contribution in [0.2, 0.25) is 0 Å². The normalized spacial score (nSPS) is 23.6. The standard InChI is InChI=1S/C31H41FN4O3/c32-24-10-8-22(9-11-24)21-39-26-14-12-25(13-15-26)33-18-19-34-30(38)31(16-4-1-5-17-31)36-29(37)28-20-23-6-2-3-7-27(23)35-28/h2-3,6-7,10,12,14-15,20,22,25,30,33-35,38H,1,4-5,8-9,11,13,16-19,21H2,(H,36,37). The number of halogens is 1. The molecule has 8 heteroatoms. The molecular formula is C31H41FN4O3. The van der Waals surface area contributed by atoms with Crippen molar-refractivity contribution >= 4 is 16.8 Å². The minimum atomic E-state index is -0.835. The summed E-state index contributed by atoms with van der Waals surface area (Å²) < 4.78 is 19.1. The van der Waals surface area contributed by atoms with Crippen molar-refractivity contribution in [3.8, 4) is 0 Å². The van der Waals surface area contributed by atoms with Crippen LogP contribution in [-0.2, 0) is 4.74 Å². The number of carbonyl (C=O) groups is 1. The number of ether oxygens (including phenoxy) is 1. The van der Waals surface area contributed by atoms with Gasteiger partial charge in [0.25, 0.3) is 5.91 Å². The highest BCUT2D eigenvalue weighted by Gasteiger charge is 2.40. The molecule has 1 fully saturated rings. The number of rotatable bonds is 11. The van der Waals surface area contributed by atoms with Gasteiger partial charge >= 0.3 is 0 Å². The molecule has 7 nitrogen and oxygen atoms in total. The number of amides is 1. The third-order valence-electron chi connectivity index (χ3n) is 8.29. The molecule has 39 heavy (non-hydrogen) atoms. The summed E-state index contributed by atoms with van der Waals surface area (Å²) in [6, 6.07) is 9.89. The molecule has 0 aliphatic heterocycles. The van der Waals surface area contributed by atoms with Gasteiger partial charge in [0.1, 0.15) is 17.7 Å². The highest BCUT2D eigenvalue weighted by molar-refractivity contribution is 5.98. The van der Waals surface area contributed by atoms with E-state index in [2.05, 4.69) is 33.1 Å². The second-order valence-corrected chi connectivity index (χ2v) is 11.2. The van der Waals surface area contributed by atoms with Crippen LogP contribution in [-0.4, -0.2) is 53.5 Å². The number of hydrogen-bond acceptors (Lipinski definition) is 5. The first-order valence-corrected chi connectivity index (χ1v) is 14.4. The van der Waals surface area contributed by atoms with Crippen LogP contribution in [0.1, 0.15) is 68.3 Å². The molecule has 5 N–H and O–H groups in total. The SMILES string of the molecule is O=C(NC1(C(O)NCCNC2C=CC(OCC3CC=C(F)CC3)=CC2)CCCCC1)c1cc2ccccc2[nH]1. The Balaban J connectivity index is 1.06. The number of allylic oxidation sites excluding steroid dienone is 3. The topological polar surface area (TPSA) is 98.4 Å². The number of para-hydroxylation sites is 1. The second kappa shape index (κ2) is 12.9. The van der Waals surface area contributed by atoms with E-state index < -0.39 is 11.8 Å². The number of nitrogens with one attached hydrogen (secondary N) is 4. The average Bonchev–Trinajstić information content (AvgIpc) is 3.41. The van der Waals surface area contributed by atoms with Crippen LogP contribution in [0.25, 0.3) is 10.9 Å². The number of H-pyrrole nitrogens is 1. The number of aromatic nitrogens is 1. The molecule has 3 atom stereocenters. The number of aromatic amines is 1. The summed E-state index contributed by atoms with van der Waals surface area (Å²) in [5, 5.41) is 22.1. The molecule has 1 aromatic carbocycles. The lowest BCUT2D eigenvalue weighted by atomic mass is 9.80. The highest BCUT2D eigenvalue weighted by atomic mass is 19.1. The van der Waals surface area contributed by atoms with Crippen LogP contribution in [0.5, 0.6) is 0 Å². The number of benzene rings is 1. The minimum absolute atomic E-state index is 0.00276. The molecule has 210 valence electrons. The fourth-order valence-corrected chi connectivity index (χ4v) is 5.88. The van der Waals surface area contributed by atoms with Gasteiger partial charge in [-0.15, -0.1) is 0 Å². The van der Waals surface area contributed by atoms with E-state index >= 15 is 0 Å². The zero-order valence-electron chi connectivity index (χ0n) is 22.6. The quantitative estimate of drug-likeness (QED) is 0.206. The van der Waals surface area contributed by atoms with Gasteiger partial charge in [-0.1, -0.05) is 49.6 Å². The molecule has 0 saturated heterocycles. The predicted molar refractivity (Wildman–Crippen MR) is 152 cm³/mol. The summed E-state index contributed by atoms with van der Waals surface area (Å²) in [5.41, 5.74) is 0.750. The average molecular weight is 537 g/mol. The maximum atomic E-state index is 13.2. The van der Waals surface area contributed by atoms with Gasteiger partial charge in [0, 0.05) is 30.0 Å². The van der Waals surface area contributed by atoms with Crippen LogP contribution in [0.15, 0.2) is 66.2 Å². The summed E-state index contributed by atoms with van der Waals surface area (Å²) >= 11 is 0. The predicted octanol–water partition coefficient (Wildman–Crippen LogP) is 4.98. The van der Waals surface area contributed by atoms with Crippen molar-refractivity contribution in [2.24, 2.45) is 5.92 Å². The third-order valence-corrected chi connectivity index (χ3v) is 8.29. The van der Waals surface area contributed by atoms with E-state index in [4.69, 9.17) is 4.74 Å². The summed E-state index contributed by atoms with van der Waals surface area (Å²) in [7, 11) is 0. The first-order chi connectivity index (χ1) is 19.0. The van der Waals surface area contributed by atoms with Crippen molar-refractivity contribution < 1.29 is 19.0 Å². The van der Waals surface area contributed by atoms with Gasteiger partial charge in [-0.05, 0) is 68.7 Å².